The molecule has 0 atom stereocenters. The van der Waals surface area contributed by atoms with Gasteiger partial charge >= 0.3 is 0 Å². The smallest absolute Gasteiger partial charge is 0.256 e. The van der Waals surface area contributed by atoms with Crippen molar-refractivity contribution < 1.29 is 17.6 Å². The summed E-state index contributed by atoms with van der Waals surface area (Å²) in [5.74, 6) is -0.995. The maximum atomic E-state index is 13.9. The summed E-state index contributed by atoms with van der Waals surface area (Å²) in [6, 6.07) is 5.87. The van der Waals surface area contributed by atoms with E-state index in [0.717, 1.165) is 0 Å². The fourth-order valence-corrected chi connectivity index (χ4v) is 5.37. The van der Waals surface area contributed by atoms with E-state index in [-0.39, 0.29) is 42.7 Å². The lowest BCUT2D eigenvalue weighted by Gasteiger charge is -2.34. The first-order chi connectivity index (χ1) is 13.1. The Morgan fingerprint density at radius 3 is 2.25 bits per heavy atom. The van der Waals surface area contributed by atoms with E-state index in [1.165, 1.54) is 27.4 Å². The molecule has 1 aliphatic rings. The molecular formula is C19H25FN4O3S. The highest BCUT2D eigenvalue weighted by Gasteiger charge is 2.34. The minimum absolute atomic E-state index is 0.00343. The van der Waals surface area contributed by atoms with Crippen molar-refractivity contribution in [1.29, 1.82) is 0 Å². The molecule has 2 aromatic rings. The average Bonchev–Trinajstić information content (AvgIpc) is 2.97. The van der Waals surface area contributed by atoms with E-state index < -0.39 is 21.7 Å². The summed E-state index contributed by atoms with van der Waals surface area (Å²) in [4.78, 5) is 14.3. The van der Waals surface area contributed by atoms with Crippen molar-refractivity contribution in [3.05, 3.63) is 47.0 Å². The number of aromatic nitrogens is 2. The normalized spacial score (nSPS) is 16.0. The highest BCUT2D eigenvalue weighted by Crippen LogP contribution is 2.26. The lowest BCUT2D eigenvalue weighted by molar-refractivity contribution is 0.0693. The van der Waals surface area contributed by atoms with Gasteiger partial charge in [-0.15, -0.1) is 0 Å². The molecule has 0 saturated carbocycles. The number of hydrogen-bond donors (Lipinski definition) is 0. The molecule has 1 saturated heterocycles. The van der Waals surface area contributed by atoms with Crippen LogP contribution in [0, 0.1) is 19.7 Å². The Bertz CT molecular complexity index is 993. The minimum atomic E-state index is -3.72. The predicted octanol–water partition coefficient (Wildman–Crippen LogP) is 2.37. The average molecular weight is 408 g/mol. The molecule has 28 heavy (non-hydrogen) atoms. The van der Waals surface area contributed by atoms with Gasteiger partial charge in [-0.2, -0.15) is 9.40 Å². The lowest BCUT2D eigenvalue weighted by atomic mass is 10.1. The number of benzene rings is 1. The van der Waals surface area contributed by atoms with Crippen molar-refractivity contribution in [3.63, 3.8) is 0 Å². The molecule has 0 unspecified atom stereocenters. The molecule has 152 valence electrons. The van der Waals surface area contributed by atoms with E-state index in [4.69, 9.17) is 0 Å². The molecule has 0 aliphatic carbocycles. The zero-order valence-corrected chi connectivity index (χ0v) is 17.3. The zero-order valence-electron chi connectivity index (χ0n) is 16.5. The molecule has 1 aromatic heterocycles. The molecule has 0 radical (unpaired) electrons. The highest BCUT2D eigenvalue weighted by molar-refractivity contribution is 7.89. The molecule has 0 bridgehead atoms. The van der Waals surface area contributed by atoms with Crippen molar-refractivity contribution in [2.45, 2.75) is 38.6 Å². The summed E-state index contributed by atoms with van der Waals surface area (Å²) in [5, 5.41) is 4.37. The highest BCUT2D eigenvalue weighted by atomic mass is 32.2. The van der Waals surface area contributed by atoms with Crippen LogP contribution in [0.1, 0.15) is 41.6 Å². The van der Waals surface area contributed by atoms with Crippen molar-refractivity contribution in [2.75, 3.05) is 26.2 Å². The first-order valence-corrected chi connectivity index (χ1v) is 10.7. The molecule has 1 aliphatic heterocycles. The summed E-state index contributed by atoms with van der Waals surface area (Å²) in [5.41, 5.74) is 1.08. The number of nitrogens with zero attached hydrogens (tertiary/aromatic N) is 4. The van der Waals surface area contributed by atoms with E-state index in [1.807, 2.05) is 13.8 Å². The number of piperazine rings is 1. The topological polar surface area (TPSA) is 75.5 Å². The first kappa shape index (κ1) is 20.5. The van der Waals surface area contributed by atoms with Crippen LogP contribution in [0.4, 0.5) is 4.39 Å². The van der Waals surface area contributed by atoms with E-state index in [9.17, 15) is 17.6 Å². The standard InChI is InChI=1S/C19H25FN4O3S/c1-13(2)24-15(4)18(14(3)21-24)28(26,27)23-11-9-22(10-12-23)19(25)16-7-5-6-8-17(16)20/h5-8,13H,9-12H2,1-4H3. The molecule has 2 heterocycles. The van der Waals surface area contributed by atoms with Gasteiger partial charge in [0.2, 0.25) is 10.0 Å². The monoisotopic (exact) mass is 408 g/mol. The number of rotatable bonds is 4. The molecule has 9 heteroatoms. The molecule has 1 fully saturated rings. The van der Waals surface area contributed by atoms with Crippen LogP contribution < -0.4 is 0 Å². The summed E-state index contributed by atoms with van der Waals surface area (Å²) >= 11 is 0. The van der Waals surface area contributed by atoms with Crippen LogP contribution in [0.3, 0.4) is 0 Å². The fourth-order valence-electron chi connectivity index (χ4n) is 3.59. The first-order valence-electron chi connectivity index (χ1n) is 9.24. The van der Waals surface area contributed by atoms with Crippen LogP contribution >= 0.6 is 0 Å². The van der Waals surface area contributed by atoms with Gasteiger partial charge in [-0.3, -0.25) is 9.48 Å². The van der Waals surface area contributed by atoms with Crippen molar-refractivity contribution in [1.82, 2.24) is 19.0 Å². The third kappa shape index (κ3) is 3.56. The van der Waals surface area contributed by atoms with Gasteiger partial charge in [0.1, 0.15) is 10.7 Å². The van der Waals surface area contributed by atoms with Crippen LogP contribution in [-0.4, -0.2) is 59.5 Å². The number of aryl methyl sites for hydroxylation is 1. The number of hydrogen-bond acceptors (Lipinski definition) is 4. The van der Waals surface area contributed by atoms with Gasteiger partial charge in [0.05, 0.1) is 17.0 Å². The van der Waals surface area contributed by atoms with Crippen molar-refractivity contribution in [2.24, 2.45) is 0 Å². The molecule has 0 N–H and O–H groups in total. The second kappa shape index (κ2) is 7.63. The van der Waals surface area contributed by atoms with Gasteiger partial charge in [0, 0.05) is 32.2 Å². The van der Waals surface area contributed by atoms with Gasteiger partial charge in [0.15, 0.2) is 0 Å². The van der Waals surface area contributed by atoms with E-state index >= 15 is 0 Å². The Balaban J connectivity index is 1.78. The number of amides is 1. The van der Waals surface area contributed by atoms with Crippen LogP contribution in [-0.2, 0) is 10.0 Å². The number of sulfonamides is 1. The Labute approximate surface area is 164 Å². The second-order valence-corrected chi connectivity index (χ2v) is 9.09. The lowest BCUT2D eigenvalue weighted by Crippen LogP contribution is -2.50. The van der Waals surface area contributed by atoms with Crippen LogP contribution in [0.25, 0.3) is 0 Å². The van der Waals surface area contributed by atoms with Gasteiger partial charge in [-0.25, -0.2) is 12.8 Å². The maximum Gasteiger partial charge on any atom is 0.256 e. The summed E-state index contributed by atoms with van der Waals surface area (Å²) < 4.78 is 43.3. The molecule has 7 nitrogen and oxygen atoms in total. The Morgan fingerprint density at radius 1 is 1.11 bits per heavy atom. The second-order valence-electron chi connectivity index (χ2n) is 7.21. The van der Waals surface area contributed by atoms with Gasteiger partial charge in [0.25, 0.3) is 5.91 Å². The van der Waals surface area contributed by atoms with Crippen LogP contribution in [0.15, 0.2) is 29.2 Å². The third-order valence-electron chi connectivity index (χ3n) is 4.98. The van der Waals surface area contributed by atoms with E-state index in [2.05, 4.69) is 5.10 Å². The Morgan fingerprint density at radius 2 is 1.71 bits per heavy atom. The Hall–Kier alpha value is -2.26. The van der Waals surface area contributed by atoms with Crippen LogP contribution in [0.2, 0.25) is 0 Å². The van der Waals surface area contributed by atoms with Crippen LogP contribution in [0.5, 0.6) is 0 Å². The Kier molecular flexibility index (Phi) is 5.58. The summed E-state index contributed by atoms with van der Waals surface area (Å²) in [7, 11) is -3.72. The SMILES string of the molecule is Cc1nn(C(C)C)c(C)c1S(=O)(=O)N1CCN(C(=O)c2ccccc2F)CC1. The predicted molar refractivity (Wildman–Crippen MR) is 103 cm³/mol. The molecule has 3 rings (SSSR count). The van der Waals surface area contributed by atoms with Crippen molar-refractivity contribution in [3.8, 4) is 0 Å². The molecule has 1 aromatic carbocycles. The van der Waals surface area contributed by atoms with Crippen molar-refractivity contribution >= 4 is 15.9 Å². The quantitative estimate of drug-likeness (QED) is 0.778. The molecular weight excluding hydrogens is 383 g/mol. The van der Waals surface area contributed by atoms with Gasteiger partial charge in [-0.05, 0) is 39.8 Å². The van der Waals surface area contributed by atoms with E-state index in [1.54, 1.807) is 24.6 Å². The molecule has 0 spiro atoms. The largest absolute Gasteiger partial charge is 0.336 e. The number of halogens is 1. The van der Waals surface area contributed by atoms with Gasteiger partial charge < -0.3 is 4.90 Å². The maximum absolute atomic E-state index is 13.9. The molecule has 1 amide bonds. The number of carbonyl (C=O) groups is 1. The van der Waals surface area contributed by atoms with E-state index in [0.29, 0.717) is 11.4 Å². The summed E-state index contributed by atoms with van der Waals surface area (Å²) in [6.45, 7) is 8.08. The fraction of sp³-hybridized carbons (Fsp3) is 0.474. The third-order valence-corrected chi connectivity index (χ3v) is 7.13. The number of carbonyl (C=O) groups excluding carboxylic acids is 1. The zero-order chi connectivity index (χ0) is 20.6. The minimum Gasteiger partial charge on any atom is -0.336 e. The van der Waals surface area contributed by atoms with Gasteiger partial charge in [-0.1, -0.05) is 12.1 Å². The summed E-state index contributed by atoms with van der Waals surface area (Å²) in [6.07, 6.45) is 0.